The van der Waals surface area contributed by atoms with Gasteiger partial charge in [0.05, 0.1) is 37.9 Å². The van der Waals surface area contributed by atoms with Crippen LogP contribution in [0.1, 0.15) is 17.0 Å². The van der Waals surface area contributed by atoms with Crippen molar-refractivity contribution in [2.24, 2.45) is 0 Å². The molecule has 10 heteroatoms. The van der Waals surface area contributed by atoms with Gasteiger partial charge in [-0.25, -0.2) is 9.97 Å². The fourth-order valence-electron chi connectivity index (χ4n) is 4.80. The van der Waals surface area contributed by atoms with Gasteiger partial charge in [0.15, 0.2) is 0 Å². The highest BCUT2D eigenvalue weighted by molar-refractivity contribution is 5.85. The summed E-state index contributed by atoms with van der Waals surface area (Å²) in [5.74, 6) is 2.74. The van der Waals surface area contributed by atoms with Crippen molar-refractivity contribution in [1.82, 2.24) is 29.8 Å². The van der Waals surface area contributed by atoms with Crippen LogP contribution < -0.4 is 15.8 Å². The van der Waals surface area contributed by atoms with Crippen LogP contribution in [0, 0.1) is 0 Å². The molecule has 5 N–H and O–H groups in total. The molecule has 0 spiro atoms. The molecule has 1 saturated heterocycles. The van der Waals surface area contributed by atoms with Gasteiger partial charge in [0, 0.05) is 47.6 Å². The third kappa shape index (κ3) is 5.07. The predicted molar refractivity (Wildman–Crippen MR) is 144 cm³/mol. The largest absolute Gasteiger partial charge is 0.497 e. The van der Waals surface area contributed by atoms with Gasteiger partial charge < -0.3 is 30.5 Å². The summed E-state index contributed by atoms with van der Waals surface area (Å²) in [6, 6.07) is 12.1. The van der Waals surface area contributed by atoms with E-state index in [0.29, 0.717) is 5.82 Å². The maximum Gasteiger partial charge on any atom is 0.221 e. The van der Waals surface area contributed by atoms with E-state index in [1.54, 1.807) is 13.3 Å². The molecule has 37 heavy (non-hydrogen) atoms. The fraction of sp³-hybridized carbons (Fsp3) is 0.296. The Bertz CT molecular complexity index is 1540. The smallest absolute Gasteiger partial charge is 0.221 e. The number of anilines is 3. The molecule has 0 bridgehead atoms. The zero-order chi connectivity index (χ0) is 25.2. The highest BCUT2D eigenvalue weighted by Gasteiger charge is 2.14. The molecular formula is C27H30N8O2. The number of ether oxygens (including phenoxy) is 2. The van der Waals surface area contributed by atoms with E-state index in [9.17, 15) is 0 Å². The second-order valence-corrected chi connectivity index (χ2v) is 9.26. The van der Waals surface area contributed by atoms with Crippen molar-refractivity contribution >= 4 is 39.4 Å². The Balaban J connectivity index is 1.20. The van der Waals surface area contributed by atoms with Gasteiger partial charge in [-0.05, 0) is 54.8 Å². The Labute approximate surface area is 214 Å². The molecule has 1 aliphatic heterocycles. The van der Waals surface area contributed by atoms with Crippen molar-refractivity contribution in [3.63, 3.8) is 0 Å². The summed E-state index contributed by atoms with van der Waals surface area (Å²) in [4.78, 5) is 22.7. The maximum absolute atomic E-state index is 5.95. The molecule has 0 saturated carbocycles. The summed E-state index contributed by atoms with van der Waals surface area (Å²) in [5.41, 5.74) is 12.1. The van der Waals surface area contributed by atoms with Gasteiger partial charge in [0.1, 0.15) is 17.4 Å². The lowest BCUT2D eigenvalue weighted by Crippen LogP contribution is -2.35. The minimum absolute atomic E-state index is 0.235. The number of hydrogen-bond donors (Lipinski definition) is 4. The molecule has 1 aliphatic rings. The number of benzene rings is 2. The second-order valence-electron chi connectivity index (χ2n) is 9.26. The average molecular weight is 499 g/mol. The first-order chi connectivity index (χ1) is 18.1. The molecule has 0 amide bonds. The summed E-state index contributed by atoms with van der Waals surface area (Å²) in [6.07, 6.45) is 5.42. The van der Waals surface area contributed by atoms with Gasteiger partial charge in [-0.3, -0.25) is 4.90 Å². The number of nitrogens with one attached hydrogen (secondary N) is 3. The number of hydrogen-bond acceptors (Lipinski definition) is 8. The van der Waals surface area contributed by atoms with E-state index in [-0.39, 0.29) is 5.95 Å². The Morgan fingerprint density at radius 2 is 1.92 bits per heavy atom. The minimum atomic E-state index is 0.235. The molecule has 0 unspecified atom stereocenters. The molecule has 1 fully saturated rings. The number of fused-ring (bicyclic) bond motifs is 2. The van der Waals surface area contributed by atoms with E-state index in [1.165, 1.54) is 5.56 Å². The van der Waals surface area contributed by atoms with Crippen LogP contribution in [0.25, 0.3) is 21.9 Å². The first-order valence-electron chi connectivity index (χ1n) is 12.5. The van der Waals surface area contributed by atoms with Crippen LogP contribution in [0.3, 0.4) is 0 Å². The number of nitrogen functional groups attached to an aromatic ring is 1. The topological polar surface area (TPSA) is 130 Å². The molecule has 3 aromatic heterocycles. The van der Waals surface area contributed by atoms with Crippen molar-refractivity contribution in [1.29, 1.82) is 0 Å². The van der Waals surface area contributed by atoms with Crippen LogP contribution in [-0.4, -0.2) is 63.2 Å². The number of nitrogens with zero attached hydrogens (tertiary/aromatic N) is 4. The van der Waals surface area contributed by atoms with E-state index in [1.807, 2.05) is 24.3 Å². The fourth-order valence-corrected chi connectivity index (χ4v) is 4.80. The molecular weight excluding hydrogens is 468 g/mol. The first-order valence-corrected chi connectivity index (χ1v) is 12.5. The average Bonchev–Trinajstić information content (AvgIpc) is 3.51. The summed E-state index contributed by atoms with van der Waals surface area (Å²) in [5, 5.41) is 4.60. The van der Waals surface area contributed by atoms with Crippen LogP contribution in [-0.2, 0) is 24.1 Å². The molecule has 2 aromatic carbocycles. The summed E-state index contributed by atoms with van der Waals surface area (Å²) in [7, 11) is 1.68. The molecule has 0 atom stereocenters. The SMILES string of the molecule is COc1ccc2[nH]cc(CCc3cnc(N)nc3Nc3ccc4nc(CN5CCOCC5)[nH]c4c3)c2c1. The molecule has 0 aliphatic carbocycles. The Morgan fingerprint density at radius 3 is 2.78 bits per heavy atom. The summed E-state index contributed by atoms with van der Waals surface area (Å²) < 4.78 is 10.9. The number of morpholine rings is 1. The maximum atomic E-state index is 5.95. The van der Waals surface area contributed by atoms with E-state index in [0.717, 1.165) is 90.5 Å². The lowest BCUT2D eigenvalue weighted by Gasteiger charge is -2.25. The van der Waals surface area contributed by atoms with Gasteiger partial charge in [-0.2, -0.15) is 4.98 Å². The molecule has 0 radical (unpaired) electrons. The number of nitrogens with two attached hydrogens (primary N) is 1. The van der Waals surface area contributed by atoms with E-state index >= 15 is 0 Å². The number of rotatable bonds is 8. The van der Waals surface area contributed by atoms with Gasteiger partial charge in [-0.1, -0.05) is 0 Å². The summed E-state index contributed by atoms with van der Waals surface area (Å²) in [6.45, 7) is 4.18. The molecule has 10 nitrogen and oxygen atoms in total. The van der Waals surface area contributed by atoms with Gasteiger partial charge >= 0.3 is 0 Å². The number of aromatic amines is 2. The third-order valence-corrected chi connectivity index (χ3v) is 6.79. The van der Waals surface area contributed by atoms with Crippen molar-refractivity contribution in [3.05, 3.63) is 65.7 Å². The number of aryl methyl sites for hydroxylation is 2. The zero-order valence-electron chi connectivity index (χ0n) is 20.8. The third-order valence-electron chi connectivity index (χ3n) is 6.79. The highest BCUT2D eigenvalue weighted by atomic mass is 16.5. The van der Waals surface area contributed by atoms with E-state index in [4.69, 9.17) is 20.2 Å². The van der Waals surface area contributed by atoms with Gasteiger partial charge in [-0.15, -0.1) is 0 Å². The summed E-state index contributed by atoms with van der Waals surface area (Å²) >= 11 is 0. The highest BCUT2D eigenvalue weighted by Crippen LogP contribution is 2.27. The molecule has 6 rings (SSSR count). The van der Waals surface area contributed by atoms with Crippen LogP contribution in [0.5, 0.6) is 5.75 Å². The monoisotopic (exact) mass is 498 g/mol. The van der Waals surface area contributed by atoms with Gasteiger partial charge in [0.25, 0.3) is 0 Å². The molecule has 190 valence electrons. The predicted octanol–water partition coefficient (Wildman–Crippen LogP) is 3.79. The lowest BCUT2D eigenvalue weighted by atomic mass is 10.0. The van der Waals surface area contributed by atoms with Crippen LogP contribution >= 0.6 is 0 Å². The number of methoxy groups -OCH3 is 1. The van der Waals surface area contributed by atoms with E-state index in [2.05, 4.69) is 48.5 Å². The minimum Gasteiger partial charge on any atom is -0.497 e. The Hall–Kier alpha value is -4.15. The second kappa shape index (κ2) is 10.1. The van der Waals surface area contributed by atoms with Crippen molar-refractivity contribution in [3.8, 4) is 5.75 Å². The number of imidazole rings is 1. The number of aromatic nitrogens is 5. The van der Waals surface area contributed by atoms with E-state index < -0.39 is 0 Å². The molecule has 5 aromatic rings. The lowest BCUT2D eigenvalue weighted by molar-refractivity contribution is 0.0332. The normalized spacial score (nSPS) is 14.4. The van der Waals surface area contributed by atoms with Crippen molar-refractivity contribution in [2.75, 3.05) is 44.5 Å². The first kappa shape index (κ1) is 23.3. The van der Waals surface area contributed by atoms with Crippen LogP contribution in [0.15, 0.2) is 48.8 Å². The van der Waals surface area contributed by atoms with Crippen molar-refractivity contribution < 1.29 is 9.47 Å². The van der Waals surface area contributed by atoms with Crippen LogP contribution in [0.4, 0.5) is 17.5 Å². The van der Waals surface area contributed by atoms with Crippen LogP contribution in [0.2, 0.25) is 0 Å². The Morgan fingerprint density at radius 1 is 1.05 bits per heavy atom. The van der Waals surface area contributed by atoms with Gasteiger partial charge in [0.2, 0.25) is 5.95 Å². The molecule has 4 heterocycles. The quantitative estimate of drug-likeness (QED) is 0.254. The Kier molecular flexibility index (Phi) is 6.33. The zero-order valence-corrected chi connectivity index (χ0v) is 20.8. The standard InChI is InChI=1S/C27H30N8O2/c1-36-20-5-7-22-21(13-20)17(14-29-22)2-3-18-15-30-27(28)34-26(18)31-19-4-6-23-24(12-19)33-25(32-23)16-35-8-10-37-11-9-35/h4-7,12-15,29H,2-3,8-11,16H2,1H3,(H,32,33)(H3,28,30,31,34). The number of H-pyrrole nitrogens is 2. The van der Waals surface area contributed by atoms with Crippen molar-refractivity contribution in [2.45, 2.75) is 19.4 Å².